The largest absolute Gasteiger partial charge is 1.00 e. The molecule has 1 nitrogen and oxygen atoms in total. The van der Waals surface area contributed by atoms with Crippen LogP contribution in [-0.4, -0.2) is 30.7 Å². The Morgan fingerprint density at radius 3 is 0.781 bits per heavy atom. The van der Waals surface area contributed by atoms with E-state index >= 15 is 0 Å². The Morgan fingerprint density at radius 2 is 0.531 bits per heavy atom. The maximum Gasteiger partial charge on any atom is 0.0786 e. The van der Waals surface area contributed by atoms with Crippen molar-refractivity contribution in [2.24, 2.45) is 0 Å². The van der Waals surface area contributed by atoms with Gasteiger partial charge in [-0.25, -0.2) is 0 Å². The average molecular weight is 519 g/mol. The minimum Gasteiger partial charge on any atom is -1.00 e. The van der Waals surface area contributed by atoms with Gasteiger partial charge in [-0.2, -0.15) is 0 Å². The van der Waals surface area contributed by atoms with E-state index in [0.29, 0.717) is 0 Å². The molecule has 0 aliphatic carbocycles. The Bertz CT molecular complexity index is 314. The van der Waals surface area contributed by atoms with E-state index in [2.05, 4.69) is 27.7 Å². The van der Waals surface area contributed by atoms with E-state index in [0.717, 1.165) is 0 Å². The highest BCUT2D eigenvalue weighted by molar-refractivity contribution is 4.52. The molecule has 0 aliphatic heterocycles. The summed E-state index contributed by atoms with van der Waals surface area (Å²) in [4.78, 5) is 0. The second-order valence-electron chi connectivity index (χ2n) is 10.6. The molecule has 0 fully saturated rings. The lowest BCUT2D eigenvalue weighted by Gasteiger charge is -2.38. The van der Waals surface area contributed by atoms with Gasteiger partial charge in [0.15, 0.2) is 0 Å². The Labute approximate surface area is 216 Å². The number of unbranched alkanes of at least 4 members (excludes halogenated alkanes) is 18. The monoisotopic (exact) mass is 517 g/mol. The van der Waals surface area contributed by atoms with Crippen molar-refractivity contribution in [1.29, 1.82) is 0 Å². The van der Waals surface area contributed by atoms with Gasteiger partial charge in [-0.05, 0) is 32.1 Å². The van der Waals surface area contributed by atoms with Gasteiger partial charge >= 0.3 is 0 Å². The van der Waals surface area contributed by atoms with E-state index in [-0.39, 0.29) is 17.0 Å². The Balaban J connectivity index is 0. The van der Waals surface area contributed by atoms with Gasteiger partial charge in [-0.1, -0.05) is 137 Å². The Kier molecular flexibility index (Phi) is 29.9. The second kappa shape index (κ2) is 27.7. The summed E-state index contributed by atoms with van der Waals surface area (Å²) in [7, 11) is 0. The highest BCUT2D eigenvalue weighted by Crippen LogP contribution is 2.17. The smallest absolute Gasteiger partial charge is 0.0786 e. The van der Waals surface area contributed by atoms with Crippen molar-refractivity contribution in [3.8, 4) is 0 Å². The van der Waals surface area contributed by atoms with Crippen molar-refractivity contribution in [2.45, 2.75) is 169 Å². The molecule has 0 heterocycles. The zero-order valence-electron chi connectivity index (χ0n) is 23.2. The van der Waals surface area contributed by atoms with Crippen LogP contribution in [0.1, 0.15) is 169 Å². The van der Waals surface area contributed by atoms with E-state index in [1.54, 1.807) is 0 Å². The molecule has 0 atom stereocenters. The summed E-state index contributed by atoms with van der Waals surface area (Å²) < 4.78 is 1.41. The van der Waals surface area contributed by atoms with Crippen LogP contribution in [0.5, 0.6) is 0 Å². The number of nitrogens with zero attached hydrogens (tertiary/aromatic N) is 1. The molecule has 0 aromatic heterocycles. The first-order valence-electron chi connectivity index (χ1n) is 15.1. The number of hydrogen-bond donors (Lipinski definition) is 0. The van der Waals surface area contributed by atoms with Crippen molar-refractivity contribution >= 4 is 0 Å². The van der Waals surface area contributed by atoms with Gasteiger partial charge in [0.25, 0.3) is 0 Å². The van der Waals surface area contributed by atoms with Crippen LogP contribution in [0.4, 0.5) is 0 Å². The molecule has 0 aromatic rings. The molecular formula is C30H64BrN. The standard InChI is InChI=1S/C30H64N.BrH/c1-5-9-10-11-12-13-14-15-16-17-18-19-20-21-22-23-24-25-26-30-31(27-6-2,28-7-3)29-8-4;/h5-30H2,1-4H3;1H/q+1;/p-1. The SMILES string of the molecule is CCCCCCCCCCCCCCCCCCCCC[N+](CCC)(CCC)CCC.[Br-]. The third-order valence-electron chi connectivity index (χ3n) is 7.33. The summed E-state index contributed by atoms with van der Waals surface area (Å²) in [6.07, 6.45) is 32.0. The van der Waals surface area contributed by atoms with Crippen LogP contribution < -0.4 is 17.0 Å². The summed E-state index contributed by atoms with van der Waals surface area (Å²) in [5.74, 6) is 0. The molecule has 32 heavy (non-hydrogen) atoms. The highest BCUT2D eigenvalue weighted by atomic mass is 79.9. The first-order valence-corrected chi connectivity index (χ1v) is 15.1. The van der Waals surface area contributed by atoms with Gasteiger partial charge in [0.2, 0.25) is 0 Å². The van der Waals surface area contributed by atoms with Gasteiger partial charge in [0.1, 0.15) is 0 Å². The predicted molar refractivity (Wildman–Crippen MR) is 144 cm³/mol. The molecule has 0 saturated carbocycles. The lowest BCUT2D eigenvalue weighted by atomic mass is 10.0. The predicted octanol–water partition coefficient (Wildman–Crippen LogP) is 7.47. The van der Waals surface area contributed by atoms with Crippen molar-refractivity contribution in [3.63, 3.8) is 0 Å². The van der Waals surface area contributed by atoms with Gasteiger partial charge in [-0.15, -0.1) is 0 Å². The van der Waals surface area contributed by atoms with E-state index in [1.165, 1.54) is 172 Å². The van der Waals surface area contributed by atoms with Crippen LogP contribution in [0.15, 0.2) is 0 Å². The topological polar surface area (TPSA) is 0 Å². The molecule has 0 saturated heterocycles. The molecule has 196 valence electrons. The fourth-order valence-electron chi connectivity index (χ4n) is 5.62. The molecular weight excluding hydrogens is 454 g/mol. The maximum absolute atomic E-state index is 2.37. The maximum atomic E-state index is 2.37. The van der Waals surface area contributed by atoms with Crippen LogP contribution in [0.2, 0.25) is 0 Å². The van der Waals surface area contributed by atoms with Crippen LogP contribution in [-0.2, 0) is 0 Å². The fourth-order valence-corrected chi connectivity index (χ4v) is 5.62. The van der Waals surface area contributed by atoms with Crippen LogP contribution in [0, 0.1) is 0 Å². The first-order chi connectivity index (χ1) is 15.2. The summed E-state index contributed by atoms with van der Waals surface area (Å²) in [6.45, 7) is 15.1. The normalized spacial score (nSPS) is 11.6. The van der Waals surface area contributed by atoms with Crippen molar-refractivity contribution in [2.75, 3.05) is 26.2 Å². The van der Waals surface area contributed by atoms with Crippen molar-refractivity contribution in [1.82, 2.24) is 0 Å². The highest BCUT2D eigenvalue weighted by Gasteiger charge is 2.23. The first kappa shape index (κ1) is 34.6. The molecule has 0 spiro atoms. The van der Waals surface area contributed by atoms with Gasteiger partial charge < -0.3 is 21.5 Å². The quantitative estimate of drug-likeness (QED) is 0.0823. The molecule has 0 bridgehead atoms. The van der Waals surface area contributed by atoms with Gasteiger partial charge in [-0.3, -0.25) is 0 Å². The Morgan fingerprint density at radius 1 is 0.281 bits per heavy atom. The third kappa shape index (κ3) is 22.2. The molecule has 0 amide bonds. The van der Waals surface area contributed by atoms with Crippen LogP contribution >= 0.6 is 0 Å². The molecule has 0 aliphatic rings. The van der Waals surface area contributed by atoms with Gasteiger partial charge in [0.05, 0.1) is 26.2 Å². The van der Waals surface area contributed by atoms with E-state index in [9.17, 15) is 0 Å². The van der Waals surface area contributed by atoms with Crippen molar-refractivity contribution in [3.05, 3.63) is 0 Å². The fraction of sp³-hybridized carbons (Fsp3) is 1.00. The number of rotatable bonds is 26. The number of hydrogen-bond acceptors (Lipinski definition) is 0. The van der Waals surface area contributed by atoms with Crippen LogP contribution in [0.25, 0.3) is 0 Å². The van der Waals surface area contributed by atoms with Gasteiger partial charge in [0, 0.05) is 0 Å². The average Bonchev–Trinajstić information content (AvgIpc) is 2.76. The molecule has 0 aromatic carbocycles. The molecule has 2 heteroatoms. The van der Waals surface area contributed by atoms with E-state index < -0.39 is 0 Å². The lowest BCUT2D eigenvalue weighted by molar-refractivity contribution is -0.928. The summed E-state index contributed by atoms with van der Waals surface area (Å²) in [6, 6.07) is 0. The minimum absolute atomic E-state index is 0. The molecule has 0 radical (unpaired) electrons. The van der Waals surface area contributed by atoms with E-state index in [1.807, 2.05) is 0 Å². The zero-order chi connectivity index (χ0) is 22.9. The summed E-state index contributed by atoms with van der Waals surface area (Å²) in [5.41, 5.74) is 0. The van der Waals surface area contributed by atoms with Crippen LogP contribution in [0.3, 0.4) is 0 Å². The molecule has 0 unspecified atom stereocenters. The number of halogens is 1. The Hall–Kier alpha value is 0.440. The zero-order valence-corrected chi connectivity index (χ0v) is 24.8. The summed E-state index contributed by atoms with van der Waals surface area (Å²) >= 11 is 0. The lowest BCUT2D eigenvalue weighted by Crippen LogP contribution is -3.00. The minimum atomic E-state index is 0. The number of quaternary nitrogens is 1. The van der Waals surface area contributed by atoms with E-state index in [4.69, 9.17) is 0 Å². The molecule has 0 rings (SSSR count). The second-order valence-corrected chi connectivity index (χ2v) is 10.6. The molecule has 0 N–H and O–H groups in total. The van der Waals surface area contributed by atoms with Crippen molar-refractivity contribution < 1.29 is 21.5 Å². The summed E-state index contributed by atoms with van der Waals surface area (Å²) in [5, 5.41) is 0. The third-order valence-corrected chi connectivity index (χ3v) is 7.33.